The molecule has 0 aliphatic rings. The van der Waals surface area contributed by atoms with Crippen LogP contribution in [0.15, 0.2) is 0 Å². The maximum atomic E-state index is 2.46. The van der Waals surface area contributed by atoms with E-state index >= 15 is 0 Å². The van der Waals surface area contributed by atoms with Gasteiger partial charge in [0.1, 0.15) is 0 Å². The highest BCUT2D eigenvalue weighted by atomic mass is 31.2. The molecule has 0 saturated heterocycles. The van der Waals surface area contributed by atoms with Crippen molar-refractivity contribution in [3.63, 3.8) is 0 Å². The lowest BCUT2D eigenvalue weighted by Crippen LogP contribution is -2.19. The summed E-state index contributed by atoms with van der Waals surface area (Å²) in [5.74, 6) is 2.65. The van der Waals surface area contributed by atoms with E-state index in [9.17, 15) is 0 Å². The molecule has 0 aromatic rings. The Labute approximate surface area is 181 Å². The molecule has 0 N–H and O–H groups in total. The number of unbranched alkanes of at least 4 members (excludes halogenated alkanes) is 11. The molecule has 0 amide bonds. The van der Waals surface area contributed by atoms with Gasteiger partial charge in [-0.3, -0.25) is 0 Å². The van der Waals surface area contributed by atoms with Crippen molar-refractivity contribution in [2.75, 3.05) is 24.6 Å². The van der Waals surface area contributed by atoms with Crippen LogP contribution in [-0.2, 0) is 0 Å². The SMILES string of the molecule is CCCCCCCCCCCCCC[P+](CCC(C)C)(CC(C)C)CC(C)C. The summed E-state index contributed by atoms with van der Waals surface area (Å²) in [5.41, 5.74) is 0. The highest BCUT2D eigenvalue weighted by Gasteiger charge is 2.37. The van der Waals surface area contributed by atoms with Crippen LogP contribution in [0.2, 0.25) is 0 Å². The number of rotatable bonds is 20. The van der Waals surface area contributed by atoms with Crippen LogP contribution in [0.1, 0.15) is 132 Å². The van der Waals surface area contributed by atoms with Crippen molar-refractivity contribution in [1.82, 2.24) is 0 Å². The zero-order valence-corrected chi connectivity index (χ0v) is 22.1. The van der Waals surface area contributed by atoms with Gasteiger partial charge in [-0.05, 0) is 37.0 Å². The molecule has 0 bridgehead atoms. The van der Waals surface area contributed by atoms with Crippen LogP contribution in [0.5, 0.6) is 0 Å². The third-order valence-corrected chi connectivity index (χ3v) is 11.7. The summed E-state index contributed by atoms with van der Waals surface area (Å²) in [6, 6.07) is 0. The predicted octanol–water partition coefficient (Wildman–Crippen LogP) is 10.1. The van der Waals surface area contributed by atoms with E-state index < -0.39 is 7.26 Å². The first kappa shape index (κ1) is 28.4. The predicted molar refractivity (Wildman–Crippen MR) is 137 cm³/mol. The molecule has 0 aliphatic carbocycles. The Bertz CT molecular complexity index is 308. The molecule has 0 unspecified atom stereocenters. The molecule has 1 heteroatoms. The molecule has 28 heavy (non-hydrogen) atoms. The van der Waals surface area contributed by atoms with Gasteiger partial charge in [0.2, 0.25) is 0 Å². The molecular formula is C27H58P+. The van der Waals surface area contributed by atoms with Gasteiger partial charge in [-0.1, -0.05) is 113 Å². The molecule has 0 atom stereocenters. The van der Waals surface area contributed by atoms with Crippen molar-refractivity contribution in [2.45, 2.75) is 132 Å². The topological polar surface area (TPSA) is 0 Å². The fourth-order valence-electron chi connectivity index (χ4n) is 4.92. The van der Waals surface area contributed by atoms with Crippen molar-refractivity contribution >= 4 is 7.26 Å². The Hall–Kier alpha value is 0.430. The first-order valence-corrected chi connectivity index (χ1v) is 15.7. The maximum absolute atomic E-state index is 2.46. The highest BCUT2D eigenvalue weighted by Crippen LogP contribution is 2.62. The molecule has 0 rings (SSSR count). The Morgan fingerprint density at radius 2 is 0.857 bits per heavy atom. The van der Waals surface area contributed by atoms with E-state index in [1.54, 1.807) is 24.6 Å². The van der Waals surface area contributed by atoms with Gasteiger partial charge in [0.05, 0.1) is 24.6 Å². The molecule has 170 valence electrons. The molecule has 0 saturated carbocycles. The van der Waals surface area contributed by atoms with Crippen molar-refractivity contribution in [1.29, 1.82) is 0 Å². The average molecular weight is 414 g/mol. The Morgan fingerprint density at radius 3 is 1.21 bits per heavy atom. The largest absolute Gasteiger partial charge is 0.0654 e. The molecule has 0 spiro atoms. The van der Waals surface area contributed by atoms with Crippen LogP contribution >= 0.6 is 7.26 Å². The minimum absolute atomic E-state index is 0.742. The van der Waals surface area contributed by atoms with Gasteiger partial charge in [0.25, 0.3) is 0 Å². The Balaban J connectivity index is 4.08. The standard InChI is InChI=1S/C27H58P/c1-8-9-10-11-12-13-14-15-16-17-18-19-21-28(23-26(4)5,24-27(6)7)22-20-25(2)3/h25-27H,8-24H2,1-7H3/q+1. The van der Waals surface area contributed by atoms with E-state index in [1.165, 1.54) is 83.5 Å². The van der Waals surface area contributed by atoms with Gasteiger partial charge >= 0.3 is 0 Å². The lowest BCUT2D eigenvalue weighted by atomic mass is 10.1. The van der Waals surface area contributed by atoms with Gasteiger partial charge in [0.15, 0.2) is 0 Å². The van der Waals surface area contributed by atoms with Crippen LogP contribution in [0.3, 0.4) is 0 Å². The first-order valence-electron chi connectivity index (χ1n) is 13.2. The number of hydrogen-bond acceptors (Lipinski definition) is 0. The highest BCUT2D eigenvalue weighted by molar-refractivity contribution is 7.75. The van der Waals surface area contributed by atoms with Crippen LogP contribution in [0.25, 0.3) is 0 Å². The van der Waals surface area contributed by atoms with E-state index in [0.717, 1.165) is 17.8 Å². The summed E-state index contributed by atoms with van der Waals surface area (Å²) in [6.45, 7) is 17.0. The second-order valence-electron chi connectivity index (χ2n) is 11.0. The van der Waals surface area contributed by atoms with E-state index in [-0.39, 0.29) is 0 Å². The summed E-state index contributed by atoms with van der Waals surface area (Å²) < 4.78 is 0. The van der Waals surface area contributed by atoms with Gasteiger partial charge in [-0.2, -0.15) is 0 Å². The van der Waals surface area contributed by atoms with Crippen LogP contribution < -0.4 is 0 Å². The molecule has 0 aromatic heterocycles. The van der Waals surface area contributed by atoms with Gasteiger partial charge < -0.3 is 0 Å². The zero-order valence-electron chi connectivity index (χ0n) is 21.2. The zero-order chi connectivity index (χ0) is 21.3. The summed E-state index contributed by atoms with van der Waals surface area (Å²) in [7, 11) is -0.742. The van der Waals surface area contributed by atoms with E-state index in [2.05, 4.69) is 48.5 Å². The van der Waals surface area contributed by atoms with Gasteiger partial charge in [0, 0.05) is 7.26 Å². The van der Waals surface area contributed by atoms with Gasteiger partial charge in [-0.15, -0.1) is 0 Å². The summed E-state index contributed by atoms with van der Waals surface area (Å²) in [5, 5.41) is 0. The first-order chi connectivity index (χ1) is 13.3. The molecule has 0 radical (unpaired) electrons. The van der Waals surface area contributed by atoms with Crippen LogP contribution in [0, 0.1) is 17.8 Å². The molecule has 0 aliphatic heterocycles. The molecule has 0 aromatic carbocycles. The van der Waals surface area contributed by atoms with E-state index in [4.69, 9.17) is 0 Å². The molecule has 0 nitrogen and oxygen atoms in total. The molecule has 0 heterocycles. The van der Waals surface area contributed by atoms with Crippen LogP contribution in [0.4, 0.5) is 0 Å². The van der Waals surface area contributed by atoms with Crippen molar-refractivity contribution in [2.24, 2.45) is 17.8 Å². The van der Waals surface area contributed by atoms with Gasteiger partial charge in [-0.25, -0.2) is 0 Å². The fraction of sp³-hybridized carbons (Fsp3) is 1.00. The van der Waals surface area contributed by atoms with E-state index in [1.807, 2.05) is 0 Å². The second kappa shape index (κ2) is 18.2. The quantitative estimate of drug-likeness (QED) is 0.137. The minimum atomic E-state index is -0.742. The second-order valence-corrected chi connectivity index (χ2v) is 15.3. The van der Waals surface area contributed by atoms with Crippen molar-refractivity contribution in [3.8, 4) is 0 Å². The monoisotopic (exact) mass is 413 g/mol. The van der Waals surface area contributed by atoms with Crippen LogP contribution in [-0.4, -0.2) is 24.6 Å². The Morgan fingerprint density at radius 1 is 0.464 bits per heavy atom. The summed E-state index contributed by atoms with van der Waals surface area (Å²) in [6.07, 6.45) is 25.4. The minimum Gasteiger partial charge on any atom is -0.0654 e. The smallest absolute Gasteiger partial charge is 0.0617 e. The van der Waals surface area contributed by atoms with E-state index in [0.29, 0.717) is 0 Å². The lowest BCUT2D eigenvalue weighted by molar-refractivity contribution is 0.547. The normalized spacial score (nSPS) is 12.6. The lowest BCUT2D eigenvalue weighted by Gasteiger charge is -2.31. The maximum Gasteiger partial charge on any atom is 0.0617 e. The molecule has 0 fully saturated rings. The molecular weight excluding hydrogens is 355 g/mol. The third kappa shape index (κ3) is 17.3. The average Bonchev–Trinajstić information content (AvgIpc) is 2.60. The van der Waals surface area contributed by atoms with Crippen molar-refractivity contribution < 1.29 is 0 Å². The third-order valence-electron chi connectivity index (χ3n) is 6.17. The number of hydrogen-bond donors (Lipinski definition) is 0. The Kier molecular flexibility index (Phi) is 18.5. The fourth-order valence-corrected chi connectivity index (χ4v) is 11.1. The van der Waals surface area contributed by atoms with Crippen molar-refractivity contribution in [3.05, 3.63) is 0 Å². The summed E-state index contributed by atoms with van der Waals surface area (Å²) in [4.78, 5) is 0. The summed E-state index contributed by atoms with van der Waals surface area (Å²) >= 11 is 0.